The number of nitrogens with zero attached hydrogens (tertiary/aromatic N) is 5. The number of aromatic nitrogens is 4. The maximum atomic E-state index is 13.3. The third kappa shape index (κ3) is 4.69. The van der Waals surface area contributed by atoms with E-state index in [4.69, 9.17) is 4.98 Å². The fourth-order valence-corrected chi connectivity index (χ4v) is 7.21. The Morgan fingerprint density at radius 1 is 1.07 bits per heavy atom. The van der Waals surface area contributed by atoms with E-state index in [0.29, 0.717) is 28.8 Å². The number of rotatable bonds is 7. The second kappa shape index (κ2) is 10.2. The van der Waals surface area contributed by atoms with E-state index in [2.05, 4.69) is 51.4 Å². The Labute approximate surface area is 247 Å². The first-order valence-electron chi connectivity index (χ1n) is 14.9. The number of carboxylic acid groups (broad SMARTS) is 1. The molecule has 0 bridgehead atoms. The summed E-state index contributed by atoms with van der Waals surface area (Å²) >= 11 is 0. The quantitative estimate of drug-likeness (QED) is 0.249. The summed E-state index contributed by atoms with van der Waals surface area (Å²) < 4.78 is 42.0. The van der Waals surface area contributed by atoms with Crippen LogP contribution in [0.5, 0.6) is 0 Å². The standard InChI is InChI=1S/C32H33F3N6O2/c1-19(21-7-4-8-21)36-26-25-27(38-28(37-26)29(42)43)39-30(40(25)18-20-10-12-23(13-11-20)32(33,34)35)41-17-5-15-31(41)16-14-22-6-2-3-9-24(22)31/h2-3,6,9-13,19,21H,4-5,7-8,14-18H2,1H3,(H,42,43)(H,36,37,38)/t19-,31?/m1/s1. The lowest BCUT2D eigenvalue weighted by Crippen LogP contribution is -2.41. The average molecular weight is 591 g/mol. The maximum Gasteiger partial charge on any atom is 0.416 e. The molecule has 224 valence electrons. The van der Waals surface area contributed by atoms with Crippen molar-refractivity contribution in [1.29, 1.82) is 0 Å². The molecule has 7 rings (SSSR count). The van der Waals surface area contributed by atoms with Crippen molar-refractivity contribution in [3.8, 4) is 0 Å². The highest BCUT2D eigenvalue weighted by Crippen LogP contribution is 2.50. The number of aromatic carboxylic acids is 1. The Kier molecular flexibility index (Phi) is 6.59. The lowest BCUT2D eigenvalue weighted by atomic mass is 9.80. The lowest BCUT2D eigenvalue weighted by molar-refractivity contribution is -0.137. The monoisotopic (exact) mass is 590 g/mol. The van der Waals surface area contributed by atoms with Crippen molar-refractivity contribution < 1.29 is 23.1 Å². The van der Waals surface area contributed by atoms with Crippen molar-refractivity contribution in [2.75, 3.05) is 16.8 Å². The Morgan fingerprint density at radius 3 is 2.53 bits per heavy atom. The molecule has 2 aromatic carbocycles. The number of aryl methyl sites for hydroxylation is 1. The van der Waals surface area contributed by atoms with Gasteiger partial charge in [-0.25, -0.2) is 14.8 Å². The molecule has 1 unspecified atom stereocenters. The van der Waals surface area contributed by atoms with Gasteiger partial charge in [0.1, 0.15) is 5.52 Å². The second-order valence-corrected chi connectivity index (χ2v) is 12.1. The van der Waals surface area contributed by atoms with Gasteiger partial charge in [-0.15, -0.1) is 0 Å². The summed E-state index contributed by atoms with van der Waals surface area (Å²) in [7, 11) is 0. The van der Waals surface area contributed by atoms with Crippen molar-refractivity contribution in [2.24, 2.45) is 5.92 Å². The zero-order valence-corrected chi connectivity index (χ0v) is 23.9. The van der Waals surface area contributed by atoms with Gasteiger partial charge in [0.05, 0.1) is 17.6 Å². The van der Waals surface area contributed by atoms with Gasteiger partial charge in [0.15, 0.2) is 11.5 Å². The molecule has 43 heavy (non-hydrogen) atoms. The highest BCUT2D eigenvalue weighted by Gasteiger charge is 2.48. The number of carbonyl (C=O) groups is 1. The van der Waals surface area contributed by atoms with Crippen molar-refractivity contribution in [2.45, 2.75) is 76.2 Å². The Balaban J connectivity index is 1.40. The predicted octanol–water partition coefficient (Wildman–Crippen LogP) is 6.63. The van der Waals surface area contributed by atoms with Gasteiger partial charge in [0, 0.05) is 12.6 Å². The van der Waals surface area contributed by atoms with Crippen LogP contribution in [0.25, 0.3) is 11.2 Å². The van der Waals surface area contributed by atoms with Crippen molar-refractivity contribution in [3.63, 3.8) is 0 Å². The normalized spacial score (nSPS) is 20.9. The van der Waals surface area contributed by atoms with Gasteiger partial charge in [0.2, 0.25) is 11.8 Å². The molecule has 1 spiro atoms. The summed E-state index contributed by atoms with van der Waals surface area (Å²) in [5.41, 5.74) is 3.07. The fourth-order valence-electron chi connectivity index (χ4n) is 7.21. The second-order valence-electron chi connectivity index (χ2n) is 12.1. The lowest BCUT2D eigenvalue weighted by Gasteiger charge is -2.37. The molecular formula is C32H33F3N6O2. The smallest absolute Gasteiger partial charge is 0.416 e. The minimum atomic E-state index is -4.43. The van der Waals surface area contributed by atoms with E-state index in [9.17, 15) is 23.1 Å². The minimum absolute atomic E-state index is 0.0474. The highest BCUT2D eigenvalue weighted by atomic mass is 19.4. The number of nitrogens with one attached hydrogen (secondary N) is 1. The summed E-state index contributed by atoms with van der Waals surface area (Å²) in [6, 6.07) is 13.7. The van der Waals surface area contributed by atoms with Crippen LogP contribution in [0.1, 0.15) is 78.3 Å². The summed E-state index contributed by atoms with van der Waals surface area (Å²) in [6.07, 6.45) is 2.66. The van der Waals surface area contributed by atoms with Crippen LogP contribution in [-0.4, -0.2) is 43.2 Å². The summed E-state index contributed by atoms with van der Waals surface area (Å²) in [5, 5.41) is 13.3. The van der Waals surface area contributed by atoms with E-state index in [1.165, 1.54) is 23.3 Å². The summed E-state index contributed by atoms with van der Waals surface area (Å²) in [5.74, 6) is -0.139. The molecule has 0 amide bonds. The zero-order chi connectivity index (χ0) is 29.9. The van der Waals surface area contributed by atoms with Gasteiger partial charge in [-0.05, 0) is 80.2 Å². The van der Waals surface area contributed by atoms with Crippen LogP contribution in [0, 0.1) is 5.92 Å². The van der Waals surface area contributed by atoms with Crippen LogP contribution in [0.2, 0.25) is 0 Å². The maximum absolute atomic E-state index is 13.3. The van der Waals surface area contributed by atoms with Crippen LogP contribution < -0.4 is 10.2 Å². The number of fused-ring (bicyclic) bond motifs is 3. The highest BCUT2D eigenvalue weighted by molar-refractivity contribution is 5.92. The van der Waals surface area contributed by atoms with E-state index in [1.807, 2.05) is 4.57 Å². The van der Waals surface area contributed by atoms with E-state index in [0.717, 1.165) is 63.6 Å². The first-order chi connectivity index (χ1) is 20.6. The molecule has 2 aromatic heterocycles. The number of benzene rings is 2. The molecule has 2 fully saturated rings. The molecule has 4 aromatic rings. The Hall–Kier alpha value is -4.15. The average Bonchev–Trinajstić information content (AvgIpc) is 3.64. The SMILES string of the molecule is C[C@@H](Nc1nc(C(=O)O)nc2nc(N3CCCC34CCc3ccccc34)n(Cc3ccc(C(F)(F)F)cc3)c12)C1CCC1. The molecule has 2 N–H and O–H groups in total. The molecule has 1 aliphatic heterocycles. The van der Waals surface area contributed by atoms with E-state index in [1.54, 1.807) is 0 Å². The van der Waals surface area contributed by atoms with E-state index >= 15 is 0 Å². The Bertz CT molecular complexity index is 1700. The summed E-state index contributed by atoms with van der Waals surface area (Å²) in [6.45, 7) is 3.03. The third-order valence-corrected chi connectivity index (χ3v) is 9.67. The molecule has 3 heterocycles. The van der Waals surface area contributed by atoms with Gasteiger partial charge < -0.3 is 19.9 Å². The van der Waals surface area contributed by atoms with Gasteiger partial charge in [-0.2, -0.15) is 18.2 Å². The van der Waals surface area contributed by atoms with Crippen molar-refractivity contribution >= 4 is 28.9 Å². The molecule has 2 atom stereocenters. The molecular weight excluding hydrogens is 557 g/mol. The number of anilines is 2. The number of imidazole rings is 1. The summed E-state index contributed by atoms with van der Waals surface area (Å²) in [4.78, 5) is 28.2. The van der Waals surface area contributed by atoms with Crippen LogP contribution in [0.3, 0.4) is 0 Å². The molecule has 11 heteroatoms. The first-order valence-corrected chi connectivity index (χ1v) is 14.9. The number of hydrogen-bond donors (Lipinski definition) is 2. The van der Waals surface area contributed by atoms with Gasteiger partial charge in [-0.1, -0.05) is 42.8 Å². The minimum Gasteiger partial charge on any atom is -0.475 e. The number of alkyl halides is 3. The fraction of sp³-hybridized carbons (Fsp3) is 0.438. The number of hydrogen-bond acceptors (Lipinski definition) is 6. The van der Waals surface area contributed by atoms with Crippen molar-refractivity contribution in [1.82, 2.24) is 19.5 Å². The van der Waals surface area contributed by atoms with E-state index < -0.39 is 17.7 Å². The molecule has 0 radical (unpaired) electrons. The van der Waals surface area contributed by atoms with Gasteiger partial charge in [-0.3, -0.25) is 0 Å². The van der Waals surface area contributed by atoms with Gasteiger partial charge >= 0.3 is 12.1 Å². The van der Waals surface area contributed by atoms with Crippen LogP contribution in [-0.2, 0) is 24.7 Å². The number of carboxylic acids is 1. The van der Waals surface area contributed by atoms with Crippen LogP contribution >= 0.6 is 0 Å². The van der Waals surface area contributed by atoms with Gasteiger partial charge in [0.25, 0.3) is 0 Å². The number of halogens is 3. The molecule has 1 saturated heterocycles. The first kappa shape index (κ1) is 27.7. The topological polar surface area (TPSA) is 96.2 Å². The van der Waals surface area contributed by atoms with Crippen molar-refractivity contribution in [3.05, 3.63) is 76.6 Å². The largest absolute Gasteiger partial charge is 0.475 e. The molecule has 1 saturated carbocycles. The molecule has 3 aliphatic rings. The van der Waals surface area contributed by atoms with E-state index in [-0.39, 0.29) is 29.6 Å². The Morgan fingerprint density at radius 2 is 1.84 bits per heavy atom. The van der Waals surface area contributed by atoms with Crippen LogP contribution in [0.15, 0.2) is 48.5 Å². The zero-order valence-electron chi connectivity index (χ0n) is 23.9. The molecule has 2 aliphatic carbocycles. The third-order valence-electron chi connectivity index (χ3n) is 9.67. The predicted molar refractivity (Wildman–Crippen MR) is 156 cm³/mol. The van der Waals surface area contributed by atoms with Crippen LogP contribution in [0.4, 0.5) is 24.9 Å². The molecule has 8 nitrogen and oxygen atoms in total.